The number of hydrogen-bond acceptors (Lipinski definition) is 3. The molecule has 1 amide bonds. The number of alkyl halides is 3. The SMILES string of the molecule is Cc1cc(C(F)(F)F)cc2c1cc(C(=O)c1c(Cl)ccc(C(=O)N3CCC(C(=O)O)C(C)C3)c1Cl)n2C. The van der Waals surface area contributed by atoms with Crippen molar-refractivity contribution in [1.82, 2.24) is 9.47 Å². The smallest absolute Gasteiger partial charge is 0.416 e. The second-order valence-corrected chi connectivity index (χ2v) is 10.2. The van der Waals surface area contributed by atoms with E-state index in [2.05, 4.69) is 0 Å². The fourth-order valence-electron chi connectivity index (χ4n) is 4.91. The summed E-state index contributed by atoms with van der Waals surface area (Å²) in [6, 6.07) is 6.25. The first-order valence-electron chi connectivity index (χ1n) is 11.4. The molecule has 0 radical (unpaired) electrons. The van der Waals surface area contributed by atoms with Gasteiger partial charge in [-0.05, 0) is 55.2 Å². The minimum absolute atomic E-state index is 0.0116. The Bertz CT molecular complexity index is 1450. The third-order valence-corrected chi connectivity index (χ3v) is 7.69. The monoisotopic (exact) mass is 554 g/mol. The highest BCUT2D eigenvalue weighted by Crippen LogP contribution is 2.37. The van der Waals surface area contributed by atoms with Crippen molar-refractivity contribution in [3.63, 3.8) is 0 Å². The number of hydrogen-bond donors (Lipinski definition) is 1. The predicted octanol–water partition coefficient (Wildman–Crippen LogP) is 6.23. The van der Waals surface area contributed by atoms with Gasteiger partial charge in [0.25, 0.3) is 5.91 Å². The van der Waals surface area contributed by atoms with Crippen LogP contribution in [0.5, 0.6) is 0 Å². The van der Waals surface area contributed by atoms with Gasteiger partial charge >= 0.3 is 12.1 Å². The van der Waals surface area contributed by atoms with E-state index in [0.29, 0.717) is 10.9 Å². The highest BCUT2D eigenvalue weighted by atomic mass is 35.5. The molecule has 196 valence electrons. The molecule has 1 saturated heterocycles. The van der Waals surface area contributed by atoms with Gasteiger partial charge < -0.3 is 14.6 Å². The highest BCUT2D eigenvalue weighted by molar-refractivity contribution is 6.42. The Balaban J connectivity index is 1.73. The van der Waals surface area contributed by atoms with Crippen LogP contribution in [0.2, 0.25) is 10.0 Å². The normalized spacial score (nSPS) is 18.3. The summed E-state index contributed by atoms with van der Waals surface area (Å²) in [5.74, 6) is -2.86. The van der Waals surface area contributed by atoms with Crippen LogP contribution in [0.15, 0.2) is 30.3 Å². The zero-order chi connectivity index (χ0) is 27.4. The molecular formula is C26H23Cl2F3N2O4. The Kier molecular flexibility index (Phi) is 7.07. The Morgan fingerprint density at radius 1 is 1.11 bits per heavy atom. The van der Waals surface area contributed by atoms with Crippen molar-refractivity contribution in [2.45, 2.75) is 26.4 Å². The van der Waals surface area contributed by atoms with Crippen LogP contribution in [0.1, 0.15) is 50.9 Å². The maximum absolute atomic E-state index is 13.6. The van der Waals surface area contributed by atoms with E-state index in [4.69, 9.17) is 23.2 Å². The van der Waals surface area contributed by atoms with E-state index in [1.807, 2.05) is 0 Å². The van der Waals surface area contributed by atoms with Crippen LogP contribution < -0.4 is 0 Å². The van der Waals surface area contributed by atoms with Crippen molar-refractivity contribution < 1.29 is 32.7 Å². The second kappa shape index (κ2) is 9.68. The van der Waals surface area contributed by atoms with Crippen molar-refractivity contribution in [3.05, 3.63) is 68.3 Å². The van der Waals surface area contributed by atoms with Gasteiger partial charge in [-0.25, -0.2) is 0 Å². The van der Waals surface area contributed by atoms with Crippen molar-refractivity contribution in [2.24, 2.45) is 18.9 Å². The number of carbonyl (C=O) groups excluding carboxylic acids is 2. The van der Waals surface area contributed by atoms with Gasteiger partial charge in [-0.15, -0.1) is 0 Å². The molecule has 11 heteroatoms. The Morgan fingerprint density at radius 2 is 1.78 bits per heavy atom. The molecule has 0 aliphatic carbocycles. The molecular weight excluding hydrogens is 532 g/mol. The zero-order valence-electron chi connectivity index (χ0n) is 20.1. The molecule has 4 rings (SSSR count). The summed E-state index contributed by atoms with van der Waals surface area (Å²) in [4.78, 5) is 39.8. The summed E-state index contributed by atoms with van der Waals surface area (Å²) in [5.41, 5.74) is -0.319. The first kappa shape index (κ1) is 27.0. The number of likely N-dealkylation sites (tertiary alicyclic amines) is 1. The highest BCUT2D eigenvalue weighted by Gasteiger charge is 2.35. The van der Waals surface area contributed by atoms with Gasteiger partial charge in [-0.2, -0.15) is 13.2 Å². The van der Waals surface area contributed by atoms with Crippen molar-refractivity contribution in [3.8, 4) is 0 Å². The number of amides is 1. The van der Waals surface area contributed by atoms with Crippen LogP contribution in [-0.2, 0) is 18.0 Å². The van der Waals surface area contributed by atoms with E-state index < -0.39 is 35.3 Å². The number of carboxylic acid groups (broad SMARTS) is 1. The van der Waals surface area contributed by atoms with Crippen LogP contribution in [0.3, 0.4) is 0 Å². The van der Waals surface area contributed by atoms with Crippen LogP contribution >= 0.6 is 23.2 Å². The summed E-state index contributed by atoms with van der Waals surface area (Å²) < 4.78 is 41.4. The molecule has 3 aromatic rings. The quantitative estimate of drug-likeness (QED) is 0.388. The topological polar surface area (TPSA) is 79.6 Å². The lowest BCUT2D eigenvalue weighted by Gasteiger charge is -2.35. The van der Waals surface area contributed by atoms with E-state index in [1.165, 1.54) is 41.6 Å². The fraction of sp³-hybridized carbons (Fsp3) is 0.346. The minimum atomic E-state index is -4.55. The third-order valence-electron chi connectivity index (χ3n) is 6.99. The summed E-state index contributed by atoms with van der Waals surface area (Å²) in [6.45, 7) is 3.71. The van der Waals surface area contributed by atoms with Gasteiger partial charge in [-0.1, -0.05) is 30.1 Å². The van der Waals surface area contributed by atoms with Crippen molar-refractivity contribution >= 4 is 51.8 Å². The molecule has 2 atom stereocenters. The molecule has 0 spiro atoms. The van der Waals surface area contributed by atoms with Gasteiger partial charge in [0.2, 0.25) is 5.78 Å². The number of aliphatic carboxylic acids is 1. The number of aryl methyl sites for hydroxylation is 2. The number of aromatic nitrogens is 1. The van der Waals surface area contributed by atoms with E-state index >= 15 is 0 Å². The second-order valence-electron chi connectivity index (χ2n) is 9.39. The number of benzene rings is 2. The first-order chi connectivity index (χ1) is 17.2. The van der Waals surface area contributed by atoms with E-state index in [1.54, 1.807) is 6.92 Å². The van der Waals surface area contributed by atoms with E-state index in [9.17, 15) is 32.7 Å². The average molecular weight is 555 g/mol. The number of piperidine rings is 1. The summed E-state index contributed by atoms with van der Waals surface area (Å²) in [6.07, 6.45) is -4.26. The number of rotatable bonds is 4. The first-order valence-corrected chi connectivity index (χ1v) is 12.2. The minimum Gasteiger partial charge on any atom is -0.481 e. The predicted molar refractivity (Wildman–Crippen MR) is 133 cm³/mol. The molecule has 1 aliphatic rings. The molecule has 1 fully saturated rings. The van der Waals surface area contributed by atoms with Crippen molar-refractivity contribution in [2.75, 3.05) is 13.1 Å². The summed E-state index contributed by atoms with van der Waals surface area (Å²) in [5, 5.41) is 9.63. The molecule has 2 unspecified atom stereocenters. The van der Waals surface area contributed by atoms with E-state index in [0.717, 1.165) is 12.1 Å². The van der Waals surface area contributed by atoms with Crippen LogP contribution in [0, 0.1) is 18.8 Å². The standard InChI is InChI=1S/C26H23Cl2F3N2O4/c1-12-8-14(26(29,30)31)9-19-17(12)10-20(32(19)3)23(34)21-18(27)5-4-16(22(21)28)24(35)33-7-6-15(25(36)37)13(2)11-33/h4-5,8-10,13,15H,6-7,11H2,1-3H3,(H,36,37). The number of nitrogens with zero attached hydrogens (tertiary/aromatic N) is 2. The Morgan fingerprint density at radius 3 is 2.38 bits per heavy atom. The molecule has 2 heterocycles. The maximum atomic E-state index is 13.6. The van der Waals surface area contributed by atoms with Crippen LogP contribution in [-0.4, -0.2) is 45.3 Å². The van der Waals surface area contributed by atoms with Gasteiger partial charge in [0.15, 0.2) is 0 Å². The largest absolute Gasteiger partial charge is 0.481 e. The van der Waals surface area contributed by atoms with Gasteiger partial charge in [0, 0.05) is 31.0 Å². The zero-order valence-corrected chi connectivity index (χ0v) is 21.6. The molecule has 0 bridgehead atoms. The van der Waals surface area contributed by atoms with Crippen LogP contribution in [0.4, 0.5) is 13.2 Å². The lowest BCUT2D eigenvalue weighted by Crippen LogP contribution is -2.45. The molecule has 1 N–H and O–H groups in total. The lowest BCUT2D eigenvalue weighted by atomic mass is 9.86. The lowest BCUT2D eigenvalue weighted by molar-refractivity contribution is -0.145. The fourth-order valence-corrected chi connectivity index (χ4v) is 5.53. The van der Waals surface area contributed by atoms with Gasteiger partial charge in [-0.3, -0.25) is 14.4 Å². The molecule has 37 heavy (non-hydrogen) atoms. The number of fused-ring (bicyclic) bond motifs is 1. The van der Waals surface area contributed by atoms with Gasteiger partial charge in [0.05, 0.1) is 38.3 Å². The van der Waals surface area contributed by atoms with Crippen molar-refractivity contribution in [1.29, 1.82) is 0 Å². The number of carboxylic acids is 1. The van der Waals surface area contributed by atoms with Gasteiger partial charge in [0.1, 0.15) is 0 Å². The van der Waals surface area contributed by atoms with E-state index in [-0.39, 0.29) is 57.8 Å². The molecule has 1 aliphatic heterocycles. The Labute approximate surface area is 220 Å². The number of ketones is 1. The Hall–Kier alpha value is -3.04. The number of halogens is 5. The average Bonchev–Trinajstić information content (AvgIpc) is 3.15. The maximum Gasteiger partial charge on any atom is 0.416 e. The molecule has 6 nitrogen and oxygen atoms in total. The summed E-state index contributed by atoms with van der Waals surface area (Å²) in [7, 11) is 1.47. The molecule has 0 saturated carbocycles. The van der Waals surface area contributed by atoms with Crippen LogP contribution in [0.25, 0.3) is 10.9 Å². The molecule has 2 aromatic carbocycles. The molecule has 1 aromatic heterocycles. The summed E-state index contributed by atoms with van der Waals surface area (Å²) >= 11 is 12.9. The third kappa shape index (κ3) is 4.82. The number of carbonyl (C=O) groups is 3.